The fourth-order valence-corrected chi connectivity index (χ4v) is 2.46. The lowest BCUT2D eigenvalue weighted by Gasteiger charge is -2.11. The topological polar surface area (TPSA) is 46.5 Å². The van der Waals surface area contributed by atoms with Crippen LogP contribution in [0.15, 0.2) is 66.7 Å². The molecule has 0 aliphatic heterocycles. The number of halogens is 2. The molecule has 0 aliphatic carbocycles. The molecule has 1 N–H and O–H groups in total. The van der Waals surface area contributed by atoms with Gasteiger partial charge in [0.25, 0.3) is 0 Å². The quantitative estimate of drug-likeness (QED) is 0.718. The highest BCUT2D eigenvalue weighted by molar-refractivity contribution is 5.96. The highest BCUT2D eigenvalue weighted by Gasteiger charge is 2.17. The molecule has 3 nitrogen and oxygen atoms in total. The number of carboxylic acid groups (broad SMARTS) is 1. The van der Waals surface area contributed by atoms with E-state index in [1.165, 1.54) is 0 Å². The molecule has 0 saturated carbocycles. The third-order valence-electron chi connectivity index (χ3n) is 3.68. The van der Waals surface area contributed by atoms with Crippen molar-refractivity contribution in [3.05, 3.63) is 89.5 Å². The number of rotatable bonds is 5. The highest BCUT2D eigenvalue weighted by atomic mass is 19.2. The Hall–Kier alpha value is -3.21. The van der Waals surface area contributed by atoms with E-state index in [4.69, 9.17) is 4.74 Å². The van der Waals surface area contributed by atoms with Gasteiger partial charge in [0.05, 0.1) is 5.56 Å². The van der Waals surface area contributed by atoms with Gasteiger partial charge in [-0.05, 0) is 41.0 Å². The molecule has 5 heteroatoms. The molecule has 0 aliphatic rings. The largest absolute Gasteiger partial charge is 0.489 e. The summed E-state index contributed by atoms with van der Waals surface area (Å²) in [4.78, 5) is 11.3. The molecular formula is C20H14F2O3. The number of benzene rings is 3. The van der Waals surface area contributed by atoms with Crippen molar-refractivity contribution in [2.75, 3.05) is 0 Å². The second kappa shape index (κ2) is 7.13. The van der Waals surface area contributed by atoms with Crippen LogP contribution in [0.4, 0.5) is 8.78 Å². The Morgan fingerprint density at radius 2 is 1.64 bits per heavy atom. The van der Waals surface area contributed by atoms with Crippen LogP contribution in [-0.4, -0.2) is 11.1 Å². The van der Waals surface area contributed by atoms with Gasteiger partial charge in [0.2, 0.25) is 0 Å². The first-order valence-electron chi connectivity index (χ1n) is 7.54. The van der Waals surface area contributed by atoms with Crippen LogP contribution < -0.4 is 4.74 Å². The molecule has 0 amide bonds. The van der Waals surface area contributed by atoms with Crippen LogP contribution in [0.25, 0.3) is 11.1 Å². The van der Waals surface area contributed by atoms with Gasteiger partial charge in [0.1, 0.15) is 12.4 Å². The van der Waals surface area contributed by atoms with Crippen LogP contribution in [0, 0.1) is 11.6 Å². The molecular weight excluding hydrogens is 326 g/mol. The summed E-state index contributed by atoms with van der Waals surface area (Å²) >= 11 is 0. The Kier molecular flexibility index (Phi) is 4.75. The molecule has 25 heavy (non-hydrogen) atoms. The second-order valence-electron chi connectivity index (χ2n) is 5.42. The lowest BCUT2D eigenvalue weighted by Crippen LogP contribution is -2.02. The Morgan fingerprint density at radius 1 is 0.920 bits per heavy atom. The number of carbonyl (C=O) groups is 1. The Morgan fingerprint density at radius 3 is 2.36 bits per heavy atom. The van der Waals surface area contributed by atoms with Gasteiger partial charge in [-0.1, -0.05) is 42.5 Å². The SMILES string of the molecule is O=C(O)c1cc(F)c(F)cc1-c1cccc(OCc2ccccc2)c1. The number of carboxylic acids is 1. The van der Waals surface area contributed by atoms with Crippen molar-refractivity contribution in [3.8, 4) is 16.9 Å². The van der Waals surface area contributed by atoms with E-state index in [9.17, 15) is 18.7 Å². The summed E-state index contributed by atoms with van der Waals surface area (Å²) in [6, 6.07) is 17.7. The molecule has 0 saturated heterocycles. The van der Waals surface area contributed by atoms with Gasteiger partial charge in [-0.3, -0.25) is 0 Å². The maximum atomic E-state index is 13.6. The number of hydrogen-bond acceptors (Lipinski definition) is 2. The van der Waals surface area contributed by atoms with E-state index >= 15 is 0 Å². The van der Waals surface area contributed by atoms with Crippen molar-refractivity contribution in [2.45, 2.75) is 6.61 Å². The van der Waals surface area contributed by atoms with E-state index in [-0.39, 0.29) is 11.1 Å². The Balaban J connectivity index is 1.91. The van der Waals surface area contributed by atoms with Crippen LogP contribution in [0.5, 0.6) is 5.75 Å². The van der Waals surface area contributed by atoms with E-state index in [0.717, 1.165) is 11.6 Å². The predicted molar refractivity (Wildman–Crippen MR) is 89.5 cm³/mol. The van der Waals surface area contributed by atoms with E-state index in [0.29, 0.717) is 24.0 Å². The molecule has 0 unspecified atom stereocenters. The molecule has 0 spiro atoms. The van der Waals surface area contributed by atoms with Gasteiger partial charge in [0.15, 0.2) is 11.6 Å². The van der Waals surface area contributed by atoms with Crippen molar-refractivity contribution >= 4 is 5.97 Å². The van der Waals surface area contributed by atoms with Gasteiger partial charge in [0, 0.05) is 0 Å². The van der Waals surface area contributed by atoms with E-state index < -0.39 is 17.6 Å². The van der Waals surface area contributed by atoms with Crippen molar-refractivity contribution < 1.29 is 23.4 Å². The minimum atomic E-state index is -1.33. The van der Waals surface area contributed by atoms with E-state index in [2.05, 4.69) is 0 Å². The monoisotopic (exact) mass is 340 g/mol. The molecule has 0 radical (unpaired) electrons. The summed E-state index contributed by atoms with van der Waals surface area (Å²) in [5, 5.41) is 9.24. The molecule has 3 aromatic carbocycles. The predicted octanol–water partition coefficient (Wildman–Crippen LogP) is 4.91. The molecule has 3 aromatic rings. The highest BCUT2D eigenvalue weighted by Crippen LogP contribution is 2.29. The number of hydrogen-bond donors (Lipinski definition) is 1. The summed E-state index contributed by atoms with van der Waals surface area (Å²) in [5.74, 6) is -3.12. The standard InChI is InChI=1S/C20H14F2O3/c21-18-10-16(17(20(23)24)11-19(18)22)14-7-4-8-15(9-14)25-12-13-5-2-1-3-6-13/h1-11H,12H2,(H,23,24). The van der Waals surface area contributed by atoms with Gasteiger partial charge < -0.3 is 9.84 Å². The first kappa shape index (κ1) is 16.6. The average Bonchev–Trinajstić information content (AvgIpc) is 2.63. The maximum absolute atomic E-state index is 13.6. The molecule has 0 aromatic heterocycles. The maximum Gasteiger partial charge on any atom is 0.336 e. The fourth-order valence-electron chi connectivity index (χ4n) is 2.46. The van der Waals surface area contributed by atoms with E-state index in [1.807, 2.05) is 30.3 Å². The minimum Gasteiger partial charge on any atom is -0.489 e. The zero-order valence-corrected chi connectivity index (χ0v) is 13.1. The summed E-state index contributed by atoms with van der Waals surface area (Å²) in [5.41, 5.74) is 1.20. The smallest absolute Gasteiger partial charge is 0.336 e. The first-order valence-corrected chi connectivity index (χ1v) is 7.54. The molecule has 0 heterocycles. The van der Waals surface area contributed by atoms with Crippen molar-refractivity contribution in [1.29, 1.82) is 0 Å². The van der Waals surface area contributed by atoms with Crippen LogP contribution in [-0.2, 0) is 6.61 Å². The van der Waals surface area contributed by atoms with Gasteiger partial charge in [-0.25, -0.2) is 13.6 Å². The molecule has 0 bridgehead atoms. The minimum absolute atomic E-state index is 0.0940. The summed E-state index contributed by atoms with van der Waals surface area (Å²) < 4.78 is 32.6. The normalized spacial score (nSPS) is 10.5. The number of ether oxygens (including phenoxy) is 1. The van der Waals surface area contributed by atoms with Crippen LogP contribution in [0.1, 0.15) is 15.9 Å². The molecule has 0 fully saturated rings. The third-order valence-corrected chi connectivity index (χ3v) is 3.68. The summed E-state index contributed by atoms with van der Waals surface area (Å²) in [6.45, 7) is 0.341. The van der Waals surface area contributed by atoms with Gasteiger partial charge >= 0.3 is 5.97 Å². The second-order valence-corrected chi connectivity index (χ2v) is 5.42. The van der Waals surface area contributed by atoms with Crippen LogP contribution in [0.3, 0.4) is 0 Å². The van der Waals surface area contributed by atoms with Crippen molar-refractivity contribution in [3.63, 3.8) is 0 Å². The molecule has 3 rings (SSSR count). The fraction of sp³-hybridized carbons (Fsp3) is 0.0500. The van der Waals surface area contributed by atoms with Gasteiger partial charge in [-0.15, -0.1) is 0 Å². The summed E-state index contributed by atoms with van der Waals surface area (Å²) in [6.07, 6.45) is 0. The lowest BCUT2D eigenvalue weighted by molar-refractivity contribution is 0.0697. The number of aromatic carboxylic acids is 1. The van der Waals surface area contributed by atoms with Gasteiger partial charge in [-0.2, -0.15) is 0 Å². The Labute approximate surface area is 143 Å². The van der Waals surface area contributed by atoms with Crippen LogP contribution >= 0.6 is 0 Å². The van der Waals surface area contributed by atoms with Crippen molar-refractivity contribution in [1.82, 2.24) is 0 Å². The zero-order chi connectivity index (χ0) is 17.8. The molecule has 0 atom stereocenters. The first-order chi connectivity index (χ1) is 12.0. The molecule has 126 valence electrons. The average molecular weight is 340 g/mol. The lowest BCUT2D eigenvalue weighted by atomic mass is 9.99. The van der Waals surface area contributed by atoms with Crippen molar-refractivity contribution in [2.24, 2.45) is 0 Å². The third kappa shape index (κ3) is 3.83. The zero-order valence-electron chi connectivity index (χ0n) is 13.1. The Bertz CT molecular complexity index is 908. The van der Waals surface area contributed by atoms with E-state index in [1.54, 1.807) is 24.3 Å². The summed E-state index contributed by atoms with van der Waals surface area (Å²) in [7, 11) is 0. The van der Waals surface area contributed by atoms with Crippen LogP contribution in [0.2, 0.25) is 0 Å².